The van der Waals surface area contributed by atoms with E-state index in [4.69, 9.17) is 16.3 Å². The minimum Gasteiger partial charge on any atom is -0.479 e. The molecule has 0 saturated heterocycles. The molecule has 0 aliphatic rings. The summed E-state index contributed by atoms with van der Waals surface area (Å²) in [5.41, 5.74) is 2.14. The number of aliphatic carboxylic acids is 1. The van der Waals surface area contributed by atoms with Crippen LogP contribution in [0.2, 0.25) is 0 Å². The normalized spacial score (nSPS) is 10.1. The van der Waals surface area contributed by atoms with Crippen molar-refractivity contribution in [3.8, 4) is 18.4 Å². The summed E-state index contributed by atoms with van der Waals surface area (Å²) >= 11 is 0. The molecule has 0 saturated carbocycles. The van der Waals surface area contributed by atoms with Gasteiger partial charge in [0.1, 0.15) is 5.82 Å². The molecule has 6 heteroatoms. The molecule has 3 aromatic rings. The van der Waals surface area contributed by atoms with Gasteiger partial charge in [0, 0.05) is 16.6 Å². The van der Waals surface area contributed by atoms with Gasteiger partial charge < -0.3 is 15.2 Å². The summed E-state index contributed by atoms with van der Waals surface area (Å²) < 4.78 is 5.10. The third-order valence-electron chi connectivity index (χ3n) is 3.20. The number of hydrogen-bond acceptors (Lipinski definition) is 5. The summed E-state index contributed by atoms with van der Waals surface area (Å²) in [6.45, 7) is -0.510. The molecule has 2 aromatic carbocycles. The van der Waals surface area contributed by atoms with E-state index in [1.807, 2.05) is 42.5 Å². The van der Waals surface area contributed by atoms with E-state index in [2.05, 4.69) is 21.2 Å². The van der Waals surface area contributed by atoms with Gasteiger partial charge >= 0.3 is 12.0 Å². The lowest BCUT2D eigenvalue weighted by atomic mass is 10.2. The molecule has 0 radical (unpaired) electrons. The van der Waals surface area contributed by atoms with Crippen LogP contribution in [0.1, 0.15) is 5.56 Å². The molecule has 2 N–H and O–H groups in total. The molecule has 0 atom stereocenters. The molecule has 3 rings (SSSR count). The number of nitrogens with zero attached hydrogens (tertiary/aromatic N) is 2. The number of carbonyl (C=O) groups is 1. The van der Waals surface area contributed by atoms with Gasteiger partial charge in [-0.1, -0.05) is 24.1 Å². The highest BCUT2D eigenvalue weighted by molar-refractivity contribution is 5.91. The molecule has 0 spiro atoms. The molecule has 0 unspecified atom stereocenters. The van der Waals surface area contributed by atoms with Gasteiger partial charge in [0.05, 0.1) is 5.52 Å². The molecule has 118 valence electrons. The topological polar surface area (TPSA) is 84.3 Å². The van der Waals surface area contributed by atoms with Crippen LogP contribution in [0.3, 0.4) is 0 Å². The Kier molecular flexibility index (Phi) is 4.25. The first kappa shape index (κ1) is 15.3. The zero-order valence-corrected chi connectivity index (χ0v) is 12.6. The number of carboxylic acids is 1. The smallest absolute Gasteiger partial charge is 0.341 e. The molecule has 0 fully saturated rings. The van der Waals surface area contributed by atoms with Crippen LogP contribution in [0, 0.1) is 12.3 Å². The minimum atomic E-state index is -1.09. The second-order valence-corrected chi connectivity index (χ2v) is 4.90. The standard InChI is InChI=1S/C18H13N3O3/c1-2-12-6-5-7-13(10-12)19-17-14-8-3-4-9-15(14)20-18(21-17)24-11-16(22)23/h1,3-10H,11H2,(H,22,23)(H,19,20,21). The number of carboxylic acid groups (broad SMARTS) is 1. The lowest BCUT2D eigenvalue weighted by molar-refractivity contribution is -0.139. The number of nitrogens with one attached hydrogen (secondary N) is 1. The third kappa shape index (κ3) is 3.42. The maximum Gasteiger partial charge on any atom is 0.341 e. The Morgan fingerprint density at radius 2 is 2.04 bits per heavy atom. The van der Waals surface area contributed by atoms with Gasteiger partial charge in [0.25, 0.3) is 0 Å². The molecule has 0 aliphatic carbocycles. The van der Waals surface area contributed by atoms with Crippen LogP contribution in [0.15, 0.2) is 48.5 Å². The second-order valence-electron chi connectivity index (χ2n) is 4.90. The van der Waals surface area contributed by atoms with Crippen molar-refractivity contribution in [2.45, 2.75) is 0 Å². The lowest BCUT2D eigenvalue weighted by Crippen LogP contribution is -2.11. The van der Waals surface area contributed by atoms with Crippen LogP contribution in [-0.4, -0.2) is 27.7 Å². The number of ether oxygens (including phenoxy) is 1. The summed E-state index contributed by atoms with van der Waals surface area (Å²) in [5.74, 6) is 1.99. The number of anilines is 2. The Bertz CT molecular complexity index is 948. The summed E-state index contributed by atoms with van der Waals surface area (Å²) in [5, 5.41) is 12.7. The molecule has 0 amide bonds. The van der Waals surface area contributed by atoms with Crippen molar-refractivity contribution < 1.29 is 14.6 Å². The number of fused-ring (bicyclic) bond motifs is 1. The van der Waals surface area contributed by atoms with Gasteiger partial charge in [-0.25, -0.2) is 4.79 Å². The van der Waals surface area contributed by atoms with Gasteiger partial charge in [0.15, 0.2) is 6.61 Å². The summed E-state index contributed by atoms with van der Waals surface area (Å²) in [7, 11) is 0. The molecule has 24 heavy (non-hydrogen) atoms. The lowest BCUT2D eigenvalue weighted by Gasteiger charge is -2.11. The van der Waals surface area contributed by atoms with Gasteiger partial charge in [-0.3, -0.25) is 0 Å². The number of para-hydroxylation sites is 1. The van der Waals surface area contributed by atoms with Crippen molar-refractivity contribution in [3.63, 3.8) is 0 Å². The molecule has 1 heterocycles. The van der Waals surface area contributed by atoms with E-state index in [1.54, 1.807) is 6.07 Å². The highest BCUT2D eigenvalue weighted by Crippen LogP contribution is 2.26. The van der Waals surface area contributed by atoms with Crippen molar-refractivity contribution in [2.75, 3.05) is 11.9 Å². The van der Waals surface area contributed by atoms with E-state index in [1.165, 1.54) is 0 Å². The van der Waals surface area contributed by atoms with Crippen LogP contribution >= 0.6 is 0 Å². The maximum atomic E-state index is 10.7. The zero-order chi connectivity index (χ0) is 16.9. The molecule has 0 aliphatic heterocycles. The van der Waals surface area contributed by atoms with E-state index in [0.717, 1.165) is 16.6 Å². The largest absolute Gasteiger partial charge is 0.479 e. The average Bonchev–Trinajstić information content (AvgIpc) is 2.60. The Hall–Kier alpha value is -3.59. The first-order chi connectivity index (χ1) is 11.7. The Balaban J connectivity index is 2.01. The quantitative estimate of drug-likeness (QED) is 0.704. The monoisotopic (exact) mass is 319 g/mol. The summed E-state index contributed by atoms with van der Waals surface area (Å²) in [6, 6.07) is 14.7. The maximum absolute atomic E-state index is 10.7. The number of aromatic nitrogens is 2. The zero-order valence-electron chi connectivity index (χ0n) is 12.6. The fourth-order valence-electron chi connectivity index (χ4n) is 2.16. The third-order valence-corrected chi connectivity index (χ3v) is 3.20. The summed E-state index contributed by atoms with van der Waals surface area (Å²) in [4.78, 5) is 19.1. The first-order valence-corrected chi connectivity index (χ1v) is 7.11. The molecular weight excluding hydrogens is 306 g/mol. The number of rotatable bonds is 5. The molecule has 1 aromatic heterocycles. The van der Waals surface area contributed by atoms with E-state index in [-0.39, 0.29) is 6.01 Å². The first-order valence-electron chi connectivity index (χ1n) is 7.11. The fraction of sp³-hybridized carbons (Fsp3) is 0.0556. The highest BCUT2D eigenvalue weighted by atomic mass is 16.5. The van der Waals surface area contributed by atoms with Crippen LogP contribution in [-0.2, 0) is 4.79 Å². The summed E-state index contributed by atoms with van der Waals surface area (Å²) in [6.07, 6.45) is 5.42. The van der Waals surface area contributed by atoms with Crippen LogP contribution in [0.4, 0.5) is 11.5 Å². The van der Waals surface area contributed by atoms with E-state index in [0.29, 0.717) is 11.3 Å². The van der Waals surface area contributed by atoms with Crippen LogP contribution in [0.25, 0.3) is 10.9 Å². The van der Waals surface area contributed by atoms with E-state index < -0.39 is 12.6 Å². The highest BCUT2D eigenvalue weighted by Gasteiger charge is 2.10. The predicted molar refractivity (Wildman–Crippen MR) is 90.3 cm³/mol. The van der Waals surface area contributed by atoms with E-state index >= 15 is 0 Å². The van der Waals surface area contributed by atoms with Gasteiger partial charge in [-0.2, -0.15) is 9.97 Å². The predicted octanol–water partition coefficient (Wildman–Crippen LogP) is 2.82. The van der Waals surface area contributed by atoms with Crippen LogP contribution < -0.4 is 10.1 Å². The number of terminal acetylenes is 1. The van der Waals surface area contributed by atoms with Crippen molar-refractivity contribution in [1.82, 2.24) is 9.97 Å². The van der Waals surface area contributed by atoms with Crippen molar-refractivity contribution >= 4 is 28.4 Å². The molecule has 6 nitrogen and oxygen atoms in total. The van der Waals surface area contributed by atoms with Crippen LogP contribution in [0.5, 0.6) is 6.01 Å². The number of hydrogen-bond donors (Lipinski definition) is 2. The fourth-order valence-corrected chi connectivity index (χ4v) is 2.16. The van der Waals surface area contributed by atoms with E-state index in [9.17, 15) is 4.79 Å². The van der Waals surface area contributed by atoms with Gasteiger partial charge in [-0.15, -0.1) is 6.42 Å². The SMILES string of the molecule is C#Cc1cccc(Nc2nc(OCC(=O)O)nc3ccccc23)c1. The van der Waals surface area contributed by atoms with Crippen molar-refractivity contribution in [3.05, 3.63) is 54.1 Å². The van der Waals surface area contributed by atoms with Gasteiger partial charge in [-0.05, 0) is 30.3 Å². The van der Waals surface area contributed by atoms with Gasteiger partial charge in [0.2, 0.25) is 0 Å². The Morgan fingerprint density at radius 1 is 1.21 bits per heavy atom. The molecule has 0 bridgehead atoms. The number of benzene rings is 2. The van der Waals surface area contributed by atoms with Crippen molar-refractivity contribution in [2.24, 2.45) is 0 Å². The second kappa shape index (κ2) is 6.67. The Labute approximate surface area is 138 Å². The Morgan fingerprint density at radius 3 is 2.83 bits per heavy atom. The average molecular weight is 319 g/mol. The minimum absolute atomic E-state index is 0.00768. The van der Waals surface area contributed by atoms with Crippen molar-refractivity contribution in [1.29, 1.82) is 0 Å². The molecular formula is C18H13N3O3.